The van der Waals surface area contributed by atoms with Crippen LogP contribution < -0.4 is 9.80 Å². The summed E-state index contributed by atoms with van der Waals surface area (Å²) in [5.74, 6) is -0.106. The van der Waals surface area contributed by atoms with E-state index in [1.807, 2.05) is 86.7 Å². The van der Waals surface area contributed by atoms with Crippen LogP contribution in [0.15, 0.2) is 60.3 Å². The summed E-state index contributed by atoms with van der Waals surface area (Å²) >= 11 is 5.45. The van der Waals surface area contributed by atoms with Crippen molar-refractivity contribution in [2.75, 3.05) is 30.9 Å². The van der Waals surface area contributed by atoms with E-state index < -0.39 is 0 Å². The Morgan fingerprint density at radius 3 is 2.21 bits per heavy atom. The van der Waals surface area contributed by atoms with Crippen molar-refractivity contribution in [3.63, 3.8) is 0 Å². The summed E-state index contributed by atoms with van der Waals surface area (Å²) in [7, 11) is 5.82. The molecule has 0 aliphatic carbocycles. The first kappa shape index (κ1) is 16.2. The van der Waals surface area contributed by atoms with Crippen molar-refractivity contribution < 1.29 is 4.79 Å². The predicted octanol–water partition coefficient (Wildman–Crippen LogP) is 3.36. The molecule has 1 aliphatic rings. The van der Waals surface area contributed by atoms with Gasteiger partial charge in [0.05, 0.1) is 5.69 Å². The first-order chi connectivity index (χ1) is 11.5. The van der Waals surface area contributed by atoms with Gasteiger partial charge in [-0.2, -0.15) is 0 Å². The van der Waals surface area contributed by atoms with Crippen molar-refractivity contribution in [2.24, 2.45) is 0 Å². The number of carbonyl (C=O) groups is 1. The zero-order valence-electron chi connectivity index (χ0n) is 13.9. The second-order valence-electron chi connectivity index (χ2n) is 5.83. The van der Waals surface area contributed by atoms with E-state index >= 15 is 0 Å². The lowest BCUT2D eigenvalue weighted by molar-refractivity contribution is -0.114. The smallest absolute Gasteiger partial charge is 0.281 e. The molecule has 0 bridgehead atoms. The van der Waals surface area contributed by atoms with E-state index in [0.29, 0.717) is 10.8 Å². The summed E-state index contributed by atoms with van der Waals surface area (Å²) in [6.07, 6.45) is 1.87. The van der Waals surface area contributed by atoms with E-state index in [1.165, 1.54) is 0 Å². The molecule has 4 nitrogen and oxygen atoms in total. The first-order valence-electron chi connectivity index (χ1n) is 7.65. The van der Waals surface area contributed by atoms with Crippen molar-refractivity contribution >= 4 is 40.7 Å². The second-order valence-corrected chi connectivity index (χ2v) is 6.20. The van der Waals surface area contributed by atoms with Crippen LogP contribution in [0.3, 0.4) is 0 Å². The first-order valence-corrected chi connectivity index (χ1v) is 8.06. The zero-order valence-corrected chi connectivity index (χ0v) is 14.7. The molecule has 1 aliphatic heterocycles. The Labute approximate surface area is 147 Å². The van der Waals surface area contributed by atoms with Crippen LogP contribution in [0.5, 0.6) is 0 Å². The molecule has 0 radical (unpaired) electrons. The fourth-order valence-corrected chi connectivity index (χ4v) is 2.87. The van der Waals surface area contributed by atoms with Crippen LogP contribution in [-0.2, 0) is 4.79 Å². The molecule has 0 N–H and O–H groups in total. The van der Waals surface area contributed by atoms with Gasteiger partial charge in [0.25, 0.3) is 5.91 Å². The molecule has 1 heterocycles. The molecule has 1 fully saturated rings. The van der Waals surface area contributed by atoms with Gasteiger partial charge in [-0.3, -0.25) is 9.69 Å². The SMILES string of the molecule is CN1C(=S)N(c2ccccc2)C(=O)/C1=C\c1ccc(N(C)C)cc1. The van der Waals surface area contributed by atoms with Crippen LogP contribution in [0.4, 0.5) is 11.4 Å². The molecule has 0 spiro atoms. The highest BCUT2D eigenvalue weighted by Gasteiger charge is 2.36. The number of thiocarbonyl (C=S) groups is 1. The van der Waals surface area contributed by atoms with Crippen molar-refractivity contribution in [3.8, 4) is 0 Å². The van der Waals surface area contributed by atoms with Gasteiger partial charge in [0, 0.05) is 26.8 Å². The van der Waals surface area contributed by atoms with Gasteiger partial charge in [-0.05, 0) is 48.1 Å². The van der Waals surface area contributed by atoms with Crippen molar-refractivity contribution in [2.45, 2.75) is 0 Å². The number of para-hydroxylation sites is 1. The Bertz CT molecular complexity index is 797. The summed E-state index contributed by atoms with van der Waals surface area (Å²) in [4.78, 5) is 18.2. The quantitative estimate of drug-likeness (QED) is 0.634. The molecule has 1 amide bonds. The summed E-state index contributed by atoms with van der Waals surface area (Å²) < 4.78 is 0. The zero-order chi connectivity index (χ0) is 17.3. The van der Waals surface area contributed by atoms with Gasteiger partial charge in [0.1, 0.15) is 5.70 Å². The lowest BCUT2D eigenvalue weighted by Crippen LogP contribution is -2.30. The number of benzene rings is 2. The van der Waals surface area contributed by atoms with Crippen LogP contribution >= 0.6 is 12.2 Å². The van der Waals surface area contributed by atoms with Crippen LogP contribution in [0.2, 0.25) is 0 Å². The van der Waals surface area contributed by atoms with Gasteiger partial charge in [-0.25, -0.2) is 0 Å². The Balaban J connectivity index is 1.93. The monoisotopic (exact) mass is 337 g/mol. The van der Waals surface area contributed by atoms with Crippen LogP contribution in [0.25, 0.3) is 6.08 Å². The predicted molar refractivity (Wildman–Crippen MR) is 103 cm³/mol. The van der Waals surface area contributed by atoms with E-state index in [1.54, 1.807) is 9.80 Å². The fourth-order valence-electron chi connectivity index (χ4n) is 2.59. The third-order valence-electron chi connectivity index (χ3n) is 3.99. The maximum absolute atomic E-state index is 12.8. The second kappa shape index (κ2) is 6.45. The molecular weight excluding hydrogens is 318 g/mol. The minimum atomic E-state index is -0.106. The average Bonchev–Trinajstić information content (AvgIpc) is 2.80. The van der Waals surface area contributed by atoms with E-state index in [2.05, 4.69) is 0 Å². The molecule has 2 aromatic carbocycles. The van der Waals surface area contributed by atoms with Gasteiger partial charge in [-0.1, -0.05) is 30.3 Å². The number of nitrogens with zero attached hydrogens (tertiary/aromatic N) is 3. The average molecular weight is 337 g/mol. The Morgan fingerprint density at radius 1 is 1.00 bits per heavy atom. The standard InChI is InChI=1S/C19H19N3OS/c1-20(2)15-11-9-14(10-12-15)13-17-18(23)22(19(24)21(17)3)16-7-5-4-6-8-16/h4-13H,1-3H3/b17-13+. The van der Waals surface area contributed by atoms with Crippen LogP contribution in [0, 0.1) is 0 Å². The fraction of sp³-hybridized carbons (Fsp3) is 0.158. The number of rotatable bonds is 3. The molecule has 0 aromatic heterocycles. The Hall–Kier alpha value is -2.66. The molecule has 3 rings (SSSR count). The van der Waals surface area contributed by atoms with Gasteiger partial charge in [0.2, 0.25) is 0 Å². The topological polar surface area (TPSA) is 26.8 Å². The molecule has 24 heavy (non-hydrogen) atoms. The van der Waals surface area contributed by atoms with Crippen molar-refractivity contribution in [1.82, 2.24) is 4.90 Å². The molecular formula is C19H19N3OS. The number of likely N-dealkylation sites (N-methyl/N-ethyl adjacent to an activating group) is 1. The molecule has 0 saturated carbocycles. The molecule has 1 saturated heterocycles. The molecule has 122 valence electrons. The summed E-state index contributed by atoms with van der Waals surface area (Å²) in [6, 6.07) is 17.5. The number of hydrogen-bond donors (Lipinski definition) is 0. The molecule has 2 aromatic rings. The lowest BCUT2D eigenvalue weighted by atomic mass is 10.1. The maximum atomic E-state index is 12.8. The number of hydrogen-bond acceptors (Lipinski definition) is 3. The molecule has 5 heteroatoms. The van der Waals surface area contributed by atoms with Gasteiger partial charge in [0.15, 0.2) is 5.11 Å². The van der Waals surface area contributed by atoms with E-state index in [4.69, 9.17) is 12.2 Å². The van der Waals surface area contributed by atoms with Crippen LogP contribution in [0.1, 0.15) is 5.56 Å². The Kier molecular flexibility index (Phi) is 4.36. The normalized spacial score (nSPS) is 16.2. The third kappa shape index (κ3) is 2.90. The van der Waals surface area contributed by atoms with Crippen LogP contribution in [-0.4, -0.2) is 37.1 Å². The molecule has 0 atom stereocenters. The minimum absolute atomic E-state index is 0.106. The van der Waals surface area contributed by atoms with E-state index in [-0.39, 0.29) is 5.91 Å². The number of carbonyl (C=O) groups excluding carboxylic acids is 1. The van der Waals surface area contributed by atoms with Crippen molar-refractivity contribution in [1.29, 1.82) is 0 Å². The number of anilines is 2. The van der Waals surface area contributed by atoms with E-state index in [0.717, 1.165) is 16.9 Å². The largest absolute Gasteiger partial charge is 0.378 e. The highest BCUT2D eigenvalue weighted by atomic mass is 32.1. The Morgan fingerprint density at radius 2 is 1.62 bits per heavy atom. The minimum Gasteiger partial charge on any atom is -0.378 e. The van der Waals surface area contributed by atoms with E-state index in [9.17, 15) is 4.79 Å². The summed E-state index contributed by atoms with van der Waals surface area (Å²) in [6.45, 7) is 0. The van der Waals surface area contributed by atoms with Crippen molar-refractivity contribution in [3.05, 3.63) is 65.9 Å². The summed E-state index contributed by atoms with van der Waals surface area (Å²) in [5, 5.41) is 0.488. The highest BCUT2D eigenvalue weighted by molar-refractivity contribution is 7.80. The number of amides is 1. The van der Waals surface area contributed by atoms with Gasteiger partial charge < -0.3 is 9.80 Å². The molecule has 0 unspecified atom stereocenters. The summed E-state index contributed by atoms with van der Waals surface area (Å²) in [5.41, 5.74) is 3.44. The van der Waals surface area contributed by atoms with Gasteiger partial charge >= 0.3 is 0 Å². The van der Waals surface area contributed by atoms with Gasteiger partial charge in [-0.15, -0.1) is 0 Å². The third-order valence-corrected chi connectivity index (χ3v) is 4.45. The highest BCUT2D eigenvalue weighted by Crippen LogP contribution is 2.27. The lowest BCUT2D eigenvalue weighted by Gasteiger charge is -2.16. The maximum Gasteiger partial charge on any atom is 0.281 e.